The van der Waals surface area contributed by atoms with Crippen molar-refractivity contribution in [1.82, 2.24) is 0 Å². The third-order valence-corrected chi connectivity index (χ3v) is 2.28. The molecule has 0 aromatic heterocycles. The summed E-state index contributed by atoms with van der Waals surface area (Å²) < 4.78 is 10.2. The van der Waals surface area contributed by atoms with Crippen molar-refractivity contribution in [1.29, 1.82) is 0 Å². The minimum Gasteiger partial charge on any atom is -0.385 e. The Bertz CT molecular complexity index is 102. The second kappa shape index (κ2) is 8.52. The van der Waals surface area contributed by atoms with E-state index in [1.807, 2.05) is 0 Å². The first kappa shape index (κ1) is 12.9. The summed E-state index contributed by atoms with van der Waals surface area (Å²) in [6.07, 6.45) is 3.67. The van der Waals surface area contributed by atoms with Gasteiger partial charge in [0.2, 0.25) is 0 Å². The van der Waals surface area contributed by atoms with Crippen LogP contribution in [0.1, 0.15) is 33.1 Å². The zero-order valence-corrected chi connectivity index (χ0v) is 9.51. The maximum atomic E-state index is 5.18. The Morgan fingerprint density at radius 2 is 1.62 bits per heavy atom. The Hall–Kier alpha value is -0.0800. The SMILES string of the molecule is COCCC(CCC(C)C)COC. The molecule has 1 atom stereocenters. The second-order valence-electron chi connectivity index (χ2n) is 4.07. The molecule has 0 aromatic rings. The molecule has 0 aliphatic carbocycles. The van der Waals surface area contributed by atoms with Crippen molar-refractivity contribution in [3.8, 4) is 0 Å². The monoisotopic (exact) mass is 188 g/mol. The van der Waals surface area contributed by atoms with Crippen molar-refractivity contribution in [3.05, 3.63) is 0 Å². The molecule has 0 saturated heterocycles. The molecule has 0 spiro atoms. The van der Waals surface area contributed by atoms with E-state index in [1.54, 1.807) is 14.2 Å². The first-order chi connectivity index (χ1) is 6.20. The van der Waals surface area contributed by atoms with Crippen LogP contribution in [0.2, 0.25) is 0 Å². The molecule has 2 nitrogen and oxygen atoms in total. The molecule has 0 aromatic carbocycles. The van der Waals surface area contributed by atoms with Crippen LogP contribution >= 0.6 is 0 Å². The van der Waals surface area contributed by atoms with E-state index in [0.29, 0.717) is 5.92 Å². The summed E-state index contributed by atoms with van der Waals surface area (Å²) in [7, 11) is 3.53. The molecule has 0 amide bonds. The Balaban J connectivity index is 3.53. The van der Waals surface area contributed by atoms with Crippen LogP contribution in [0, 0.1) is 11.8 Å². The molecule has 2 heteroatoms. The van der Waals surface area contributed by atoms with E-state index >= 15 is 0 Å². The Kier molecular flexibility index (Phi) is 8.46. The number of methoxy groups -OCH3 is 2. The van der Waals surface area contributed by atoms with Gasteiger partial charge in [-0.1, -0.05) is 20.3 Å². The smallest absolute Gasteiger partial charge is 0.0491 e. The minimum atomic E-state index is 0.673. The van der Waals surface area contributed by atoms with Gasteiger partial charge in [-0.15, -0.1) is 0 Å². The topological polar surface area (TPSA) is 18.5 Å². The minimum absolute atomic E-state index is 0.673. The molecule has 0 saturated carbocycles. The molecule has 0 heterocycles. The number of rotatable bonds is 8. The maximum Gasteiger partial charge on any atom is 0.0491 e. The first-order valence-corrected chi connectivity index (χ1v) is 5.18. The number of ether oxygens (including phenoxy) is 2. The fourth-order valence-corrected chi connectivity index (χ4v) is 1.40. The van der Waals surface area contributed by atoms with Gasteiger partial charge in [-0.3, -0.25) is 0 Å². The van der Waals surface area contributed by atoms with Gasteiger partial charge >= 0.3 is 0 Å². The molecule has 0 fully saturated rings. The second-order valence-corrected chi connectivity index (χ2v) is 4.07. The molecule has 80 valence electrons. The van der Waals surface area contributed by atoms with Crippen molar-refractivity contribution in [3.63, 3.8) is 0 Å². The molecule has 13 heavy (non-hydrogen) atoms. The lowest BCUT2D eigenvalue weighted by molar-refractivity contribution is 0.111. The Labute approximate surface area is 82.6 Å². The van der Waals surface area contributed by atoms with Crippen molar-refractivity contribution >= 4 is 0 Å². The standard InChI is InChI=1S/C11H24O2/c1-10(2)5-6-11(9-13-4)7-8-12-3/h10-11H,5-9H2,1-4H3. The zero-order chi connectivity index (χ0) is 10.1. The lowest BCUT2D eigenvalue weighted by Gasteiger charge is -2.16. The quantitative estimate of drug-likeness (QED) is 0.583. The lowest BCUT2D eigenvalue weighted by atomic mass is 9.96. The van der Waals surface area contributed by atoms with Crippen molar-refractivity contribution in [2.75, 3.05) is 27.4 Å². The summed E-state index contributed by atoms with van der Waals surface area (Å²) in [6.45, 7) is 6.25. The van der Waals surface area contributed by atoms with Gasteiger partial charge in [0.15, 0.2) is 0 Å². The molecule has 0 N–H and O–H groups in total. The van der Waals surface area contributed by atoms with Crippen LogP contribution in [-0.2, 0) is 9.47 Å². The van der Waals surface area contributed by atoms with E-state index in [0.717, 1.165) is 25.6 Å². The molecular formula is C11H24O2. The normalized spacial score (nSPS) is 13.6. The van der Waals surface area contributed by atoms with Crippen LogP contribution in [0.15, 0.2) is 0 Å². The molecule has 0 bridgehead atoms. The predicted octanol–water partition coefficient (Wildman–Crippen LogP) is 2.72. The summed E-state index contributed by atoms with van der Waals surface area (Å²) in [5, 5.41) is 0. The molecule has 0 radical (unpaired) electrons. The highest BCUT2D eigenvalue weighted by atomic mass is 16.5. The Morgan fingerprint density at radius 1 is 0.923 bits per heavy atom. The molecule has 1 unspecified atom stereocenters. The van der Waals surface area contributed by atoms with E-state index in [-0.39, 0.29) is 0 Å². The highest BCUT2D eigenvalue weighted by Crippen LogP contribution is 2.15. The van der Waals surface area contributed by atoms with E-state index in [4.69, 9.17) is 9.47 Å². The van der Waals surface area contributed by atoms with Gasteiger partial charge < -0.3 is 9.47 Å². The summed E-state index contributed by atoms with van der Waals surface area (Å²) in [5.74, 6) is 1.47. The van der Waals surface area contributed by atoms with E-state index in [9.17, 15) is 0 Å². The predicted molar refractivity (Wildman–Crippen MR) is 55.9 cm³/mol. The van der Waals surface area contributed by atoms with Gasteiger partial charge in [0, 0.05) is 27.4 Å². The van der Waals surface area contributed by atoms with Crippen molar-refractivity contribution in [2.45, 2.75) is 33.1 Å². The number of hydrogen-bond acceptors (Lipinski definition) is 2. The van der Waals surface area contributed by atoms with Crippen LogP contribution in [0.25, 0.3) is 0 Å². The average Bonchev–Trinajstić information content (AvgIpc) is 2.09. The molecule has 0 aliphatic heterocycles. The van der Waals surface area contributed by atoms with Crippen LogP contribution in [0.5, 0.6) is 0 Å². The third-order valence-electron chi connectivity index (χ3n) is 2.28. The number of hydrogen-bond donors (Lipinski definition) is 0. The van der Waals surface area contributed by atoms with Gasteiger partial charge in [-0.2, -0.15) is 0 Å². The highest BCUT2D eigenvalue weighted by molar-refractivity contribution is 4.59. The van der Waals surface area contributed by atoms with Gasteiger partial charge in [-0.25, -0.2) is 0 Å². The Morgan fingerprint density at radius 3 is 2.08 bits per heavy atom. The fraction of sp³-hybridized carbons (Fsp3) is 1.00. The fourth-order valence-electron chi connectivity index (χ4n) is 1.40. The maximum absolute atomic E-state index is 5.18. The van der Waals surface area contributed by atoms with Gasteiger partial charge in [0.05, 0.1) is 0 Å². The highest BCUT2D eigenvalue weighted by Gasteiger charge is 2.08. The van der Waals surface area contributed by atoms with Gasteiger partial charge in [0.25, 0.3) is 0 Å². The van der Waals surface area contributed by atoms with Gasteiger partial charge in [-0.05, 0) is 24.7 Å². The van der Waals surface area contributed by atoms with Crippen LogP contribution < -0.4 is 0 Å². The third kappa shape index (κ3) is 8.26. The zero-order valence-electron chi connectivity index (χ0n) is 9.51. The van der Waals surface area contributed by atoms with Crippen molar-refractivity contribution < 1.29 is 9.47 Å². The molecule has 0 aliphatic rings. The summed E-state index contributed by atoms with van der Waals surface area (Å²) in [4.78, 5) is 0. The summed E-state index contributed by atoms with van der Waals surface area (Å²) >= 11 is 0. The van der Waals surface area contributed by atoms with E-state index in [1.165, 1.54) is 12.8 Å². The van der Waals surface area contributed by atoms with Crippen LogP contribution in [0.4, 0.5) is 0 Å². The lowest BCUT2D eigenvalue weighted by Crippen LogP contribution is -2.11. The first-order valence-electron chi connectivity index (χ1n) is 5.18. The largest absolute Gasteiger partial charge is 0.385 e. The van der Waals surface area contributed by atoms with E-state index < -0.39 is 0 Å². The summed E-state index contributed by atoms with van der Waals surface area (Å²) in [6, 6.07) is 0. The average molecular weight is 188 g/mol. The summed E-state index contributed by atoms with van der Waals surface area (Å²) in [5.41, 5.74) is 0. The van der Waals surface area contributed by atoms with Crippen LogP contribution in [-0.4, -0.2) is 27.4 Å². The molecular weight excluding hydrogens is 164 g/mol. The van der Waals surface area contributed by atoms with Crippen molar-refractivity contribution in [2.24, 2.45) is 11.8 Å². The van der Waals surface area contributed by atoms with Gasteiger partial charge in [0.1, 0.15) is 0 Å². The van der Waals surface area contributed by atoms with E-state index in [2.05, 4.69) is 13.8 Å². The molecule has 0 rings (SSSR count). The van der Waals surface area contributed by atoms with Crippen LogP contribution in [0.3, 0.4) is 0 Å².